The number of nitrogens with two attached hydrogens (primary N) is 1. The summed E-state index contributed by atoms with van der Waals surface area (Å²) in [6.07, 6.45) is 4.75. The summed E-state index contributed by atoms with van der Waals surface area (Å²) < 4.78 is 5.42. The van der Waals surface area contributed by atoms with Crippen molar-refractivity contribution in [1.29, 1.82) is 0 Å². The highest BCUT2D eigenvalue weighted by molar-refractivity contribution is 5.86. The van der Waals surface area contributed by atoms with Gasteiger partial charge in [0.25, 0.3) is 5.89 Å². The van der Waals surface area contributed by atoms with Crippen LogP contribution in [0.2, 0.25) is 0 Å². The van der Waals surface area contributed by atoms with E-state index in [4.69, 9.17) is 10.3 Å². The first-order valence-corrected chi connectivity index (χ1v) is 7.15. The Labute approximate surface area is 134 Å². The average Bonchev–Trinajstić information content (AvgIpc) is 2.95. The molecule has 5 nitrogen and oxygen atoms in total. The van der Waals surface area contributed by atoms with Crippen molar-refractivity contribution in [3.8, 4) is 11.5 Å². The number of halogens is 1. The third-order valence-corrected chi connectivity index (χ3v) is 4.39. The van der Waals surface area contributed by atoms with E-state index in [9.17, 15) is 0 Å². The zero-order valence-electron chi connectivity index (χ0n) is 12.2. The fraction of sp³-hybridized carbons (Fsp3) is 0.312. The van der Waals surface area contributed by atoms with Crippen molar-refractivity contribution >= 4 is 23.3 Å². The van der Waals surface area contributed by atoms with Gasteiger partial charge in [0.2, 0.25) is 0 Å². The van der Waals surface area contributed by atoms with Crippen molar-refractivity contribution in [3.05, 3.63) is 41.9 Å². The zero-order chi connectivity index (χ0) is 14.4. The summed E-state index contributed by atoms with van der Waals surface area (Å²) in [7, 11) is 0. The van der Waals surface area contributed by atoms with Crippen molar-refractivity contribution in [2.75, 3.05) is 0 Å². The molecule has 1 fully saturated rings. The Morgan fingerprint density at radius 2 is 2.00 bits per heavy atom. The Morgan fingerprint density at radius 1 is 1.23 bits per heavy atom. The lowest BCUT2D eigenvalue weighted by Gasteiger charge is -2.34. The monoisotopic (exact) mass is 316 g/mol. The summed E-state index contributed by atoms with van der Waals surface area (Å²) >= 11 is 0. The van der Waals surface area contributed by atoms with E-state index in [1.165, 1.54) is 0 Å². The van der Waals surface area contributed by atoms with Crippen LogP contribution in [-0.2, 0) is 5.54 Å². The lowest BCUT2D eigenvalue weighted by molar-refractivity contribution is 0.229. The predicted octanol–water partition coefficient (Wildman–Crippen LogP) is 3.35. The molecule has 114 valence electrons. The van der Waals surface area contributed by atoms with Gasteiger partial charge in [-0.1, -0.05) is 23.4 Å². The molecule has 1 saturated carbocycles. The van der Waals surface area contributed by atoms with Crippen molar-refractivity contribution in [2.45, 2.75) is 31.7 Å². The summed E-state index contributed by atoms with van der Waals surface area (Å²) in [5.41, 5.74) is 8.77. The number of para-hydroxylation sites is 1. The lowest BCUT2D eigenvalue weighted by Crippen LogP contribution is -2.44. The predicted molar refractivity (Wildman–Crippen MR) is 86.7 cm³/mol. The first-order chi connectivity index (χ1) is 10.2. The van der Waals surface area contributed by atoms with Crippen molar-refractivity contribution < 1.29 is 4.52 Å². The van der Waals surface area contributed by atoms with E-state index < -0.39 is 5.54 Å². The lowest BCUT2D eigenvalue weighted by atomic mass is 9.77. The van der Waals surface area contributed by atoms with E-state index >= 15 is 0 Å². The highest BCUT2D eigenvalue weighted by atomic mass is 35.5. The van der Waals surface area contributed by atoms with Gasteiger partial charge in [-0.2, -0.15) is 4.98 Å². The number of fused-ring (bicyclic) bond motifs is 1. The molecule has 0 saturated heterocycles. The van der Waals surface area contributed by atoms with Gasteiger partial charge in [-0.3, -0.25) is 4.98 Å². The summed E-state index contributed by atoms with van der Waals surface area (Å²) in [5, 5.41) is 5.17. The van der Waals surface area contributed by atoms with Gasteiger partial charge in [0.15, 0.2) is 5.82 Å². The fourth-order valence-corrected chi connectivity index (χ4v) is 2.81. The topological polar surface area (TPSA) is 77.8 Å². The van der Waals surface area contributed by atoms with Gasteiger partial charge in [0.05, 0.1) is 16.6 Å². The van der Waals surface area contributed by atoms with Gasteiger partial charge in [0, 0.05) is 11.6 Å². The first-order valence-electron chi connectivity index (χ1n) is 7.15. The van der Waals surface area contributed by atoms with Gasteiger partial charge in [-0.15, -0.1) is 12.4 Å². The molecule has 6 heteroatoms. The van der Waals surface area contributed by atoms with Gasteiger partial charge in [0.1, 0.15) is 0 Å². The van der Waals surface area contributed by atoms with Crippen LogP contribution in [0.15, 0.2) is 35.0 Å². The minimum absolute atomic E-state index is 0. The molecule has 3 aromatic rings. The minimum Gasteiger partial charge on any atom is -0.334 e. The Bertz CT molecular complexity index is 826. The number of hydrogen-bond acceptors (Lipinski definition) is 5. The number of rotatable bonds is 2. The summed E-state index contributed by atoms with van der Waals surface area (Å²) in [5.74, 6) is 1.11. The van der Waals surface area contributed by atoms with E-state index in [0.717, 1.165) is 41.3 Å². The summed E-state index contributed by atoms with van der Waals surface area (Å²) in [6, 6.07) is 8.03. The van der Waals surface area contributed by atoms with Crippen molar-refractivity contribution in [3.63, 3.8) is 0 Å². The quantitative estimate of drug-likeness (QED) is 0.784. The van der Waals surface area contributed by atoms with Crippen LogP contribution in [-0.4, -0.2) is 15.1 Å². The van der Waals surface area contributed by atoms with Gasteiger partial charge >= 0.3 is 0 Å². The molecule has 2 aromatic heterocycles. The van der Waals surface area contributed by atoms with Crippen molar-refractivity contribution in [2.24, 2.45) is 5.73 Å². The smallest absolute Gasteiger partial charge is 0.259 e. The third-order valence-electron chi connectivity index (χ3n) is 4.39. The van der Waals surface area contributed by atoms with E-state index in [-0.39, 0.29) is 12.4 Å². The van der Waals surface area contributed by atoms with E-state index in [0.29, 0.717) is 11.7 Å². The van der Waals surface area contributed by atoms with Crippen LogP contribution in [0.25, 0.3) is 22.4 Å². The van der Waals surface area contributed by atoms with Crippen LogP contribution in [0.1, 0.15) is 30.7 Å². The Kier molecular flexibility index (Phi) is 3.62. The highest BCUT2D eigenvalue weighted by Crippen LogP contribution is 2.38. The van der Waals surface area contributed by atoms with E-state index in [1.807, 2.05) is 25.1 Å². The zero-order valence-corrected chi connectivity index (χ0v) is 13.1. The molecule has 1 aliphatic rings. The molecule has 1 aromatic carbocycles. The van der Waals surface area contributed by atoms with Crippen molar-refractivity contribution in [1.82, 2.24) is 15.1 Å². The molecule has 0 bridgehead atoms. The average molecular weight is 317 g/mol. The summed E-state index contributed by atoms with van der Waals surface area (Å²) in [4.78, 5) is 8.96. The van der Waals surface area contributed by atoms with Gasteiger partial charge < -0.3 is 10.3 Å². The number of aromatic nitrogens is 3. The number of aryl methyl sites for hydroxylation is 1. The maximum absolute atomic E-state index is 6.24. The molecule has 0 atom stereocenters. The molecule has 1 aliphatic carbocycles. The minimum atomic E-state index is -0.403. The first kappa shape index (κ1) is 14.9. The second-order valence-corrected chi connectivity index (χ2v) is 5.75. The molecule has 2 heterocycles. The number of pyridine rings is 1. The molecule has 4 rings (SSSR count). The second-order valence-electron chi connectivity index (χ2n) is 5.75. The Hall–Kier alpha value is -1.98. The Balaban J connectivity index is 0.00000144. The van der Waals surface area contributed by atoms with Crippen LogP contribution in [0.3, 0.4) is 0 Å². The maximum Gasteiger partial charge on any atom is 0.259 e. The Morgan fingerprint density at radius 3 is 2.73 bits per heavy atom. The molecule has 0 amide bonds. The standard InChI is InChI=1S/C16H16N4O.ClH/c1-10-11-5-2-3-6-13(11)18-9-12(10)14-19-15(20-21-14)16(17)7-4-8-16;/h2-3,5-6,9H,4,7-8,17H2,1H3;1H. The highest BCUT2D eigenvalue weighted by Gasteiger charge is 2.39. The molecular formula is C16H17ClN4O. The largest absolute Gasteiger partial charge is 0.334 e. The normalized spacial score (nSPS) is 16.1. The fourth-order valence-electron chi connectivity index (χ4n) is 2.81. The van der Waals surface area contributed by atoms with Gasteiger partial charge in [-0.25, -0.2) is 0 Å². The molecule has 22 heavy (non-hydrogen) atoms. The maximum atomic E-state index is 6.24. The van der Waals surface area contributed by atoms with Crippen LogP contribution >= 0.6 is 12.4 Å². The van der Waals surface area contributed by atoms with E-state index in [1.54, 1.807) is 6.20 Å². The number of hydrogen-bond donors (Lipinski definition) is 1. The number of nitrogens with zero attached hydrogens (tertiary/aromatic N) is 3. The SMILES string of the molecule is Cc1c(-c2nc(C3(N)CCC3)no2)cnc2ccccc12.Cl. The summed E-state index contributed by atoms with van der Waals surface area (Å²) in [6.45, 7) is 2.05. The molecule has 0 aliphatic heterocycles. The van der Waals surface area contributed by atoms with E-state index in [2.05, 4.69) is 21.2 Å². The van der Waals surface area contributed by atoms with Gasteiger partial charge in [-0.05, 0) is 37.8 Å². The molecule has 2 N–H and O–H groups in total. The van der Waals surface area contributed by atoms with Crippen LogP contribution < -0.4 is 5.73 Å². The number of benzene rings is 1. The molecule has 0 unspecified atom stereocenters. The molecular weight excluding hydrogens is 300 g/mol. The van der Waals surface area contributed by atoms with Crippen LogP contribution in [0.4, 0.5) is 0 Å². The molecule has 0 spiro atoms. The molecule has 0 radical (unpaired) electrons. The third kappa shape index (κ3) is 2.17. The second kappa shape index (κ2) is 5.34. The van der Waals surface area contributed by atoms with Crippen LogP contribution in [0.5, 0.6) is 0 Å². The van der Waals surface area contributed by atoms with Crippen LogP contribution in [0, 0.1) is 6.92 Å².